The van der Waals surface area contributed by atoms with E-state index < -0.39 is 10.0 Å². The minimum absolute atomic E-state index is 0.135. The van der Waals surface area contributed by atoms with E-state index in [9.17, 15) is 8.42 Å². The van der Waals surface area contributed by atoms with Crippen LogP contribution in [0.25, 0.3) is 0 Å². The van der Waals surface area contributed by atoms with Crippen molar-refractivity contribution < 1.29 is 17.9 Å². The van der Waals surface area contributed by atoms with Gasteiger partial charge in [-0.15, -0.1) is 0 Å². The minimum atomic E-state index is -3.79. The SMILES string of the molecule is COc1cccc(/C=N\S(=O)(=O)c2ccccc2)c1OCc1ccccc1. The molecule has 6 heteroatoms. The lowest BCUT2D eigenvalue weighted by Gasteiger charge is -2.13. The Hall–Kier alpha value is -3.12. The first-order valence-corrected chi connectivity index (χ1v) is 9.73. The lowest BCUT2D eigenvalue weighted by atomic mass is 10.2. The molecule has 3 aromatic rings. The van der Waals surface area contributed by atoms with Gasteiger partial charge in [0.05, 0.1) is 18.2 Å². The lowest BCUT2D eigenvalue weighted by Crippen LogP contribution is -2.02. The molecule has 0 aliphatic carbocycles. The normalized spacial score (nSPS) is 11.4. The van der Waals surface area contributed by atoms with E-state index >= 15 is 0 Å². The number of hydrogen-bond donors (Lipinski definition) is 0. The molecule has 0 N–H and O–H groups in total. The molecule has 0 saturated carbocycles. The number of nitrogens with zero attached hydrogens (tertiary/aromatic N) is 1. The van der Waals surface area contributed by atoms with Gasteiger partial charge in [-0.3, -0.25) is 0 Å². The van der Waals surface area contributed by atoms with Crippen LogP contribution in [0.4, 0.5) is 0 Å². The molecular formula is C21H19NO4S. The van der Waals surface area contributed by atoms with Crippen molar-refractivity contribution in [1.82, 2.24) is 0 Å². The summed E-state index contributed by atoms with van der Waals surface area (Å²) in [6.07, 6.45) is 1.28. The minimum Gasteiger partial charge on any atom is -0.493 e. The fraction of sp³-hybridized carbons (Fsp3) is 0.0952. The van der Waals surface area contributed by atoms with Crippen molar-refractivity contribution >= 4 is 16.2 Å². The van der Waals surface area contributed by atoms with E-state index in [-0.39, 0.29) is 4.90 Å². The first kappa shape index (κ1) is 18.7. The molecule has 0 amide bonds. The number of hydrogen-bond acceptors (Lipinski definition) is 4. The van der Waals surface area contributed by atoms with E-state index in [0.717, 1.165) is 5.56 Å². The molecule has 0 aromatic heterocycles. The zero-order chi connectivity index (χ0) is 19.1. The predicted molar refractivity (Wildman–Crippen MR) is 105 cm³/mol. The second kappa shape index (κ2) is 8.51. The highest BCUT2D eigenvalue weighted by Gasteiger charge is 2.13. The molecule has 0 saturated heterocycles. The lowest BCUT2D eigenvalue weighted by molar-refractivity contribution is 0.284. The van der Waals surface area contributed by atoms with Gasteiger partial charge in [-0.25, -0.2) is 0 Å². The monoisotopic (exact) mass is 381 g/mol. The van der Waals surface area contributed by atoms with Crippen LogP contribution in [0.2, 0.25) is 0 Å². The molecule has 0 aliphatic heterocycles. The quantitative estimate of drug-likeness (QED) is 0.579. The molecule has 27 heavy (non-hydrogen) atoms. The van der Waals surface area contributed by atoms with Crippen LogP contribution in [0.1, 0.15) is 11.1 Å². The number of ether oxygens (including phenoxy) is 2. The zero-order valence-electron chi connectivity index (χ0n) is 14.8. The molecule has 0 aliphatic rings. The molecule has 5 nitrogen and oxygen atoms in total. The van der Waals surface area contributed by atoms with Crippen molar-refractivity contribution in [3.63, 3.8) is 0 Å². The Labute approximate surface area is 159 Å². The molecule has 0 fully saturated rings. The van der Waals surface area contributed by atoms with Crippen molar-refractivity contribution in [2.24, 2.45) is 4.40 Å². The van der Waals surface area contributed by atoms with Gasteiger partial charge in [-0.05, 0) is 29.8 Å². The van der Waals surface area contributed by atoms with Crippen molar-refractivity contribution in [1.29, 1.82) is 0 Å². The fourth-order valence-electron chi connectivity index (χ4n) is 2.46. The summed E-state index contributed by atoms with van der Waals surface area (Å²) in [6.45, 7) is 0.327. The molecule has 3 rings (SSSR count). The average Bonchev–Trinajstić information content (AvgIpc) is 2.72. The summed E-state index contributed by atoms with van der Waals surface area (Å²) in [4.78, 5) is 0.135. The Morgan fingerprint density at radius 1 is 0.889 bits per heavy atom. The Kier molecular flexibility index (Phi) is 5.88. The highest BCUT2D eigenvalue weighted by molar-refractivity contribution is 7.90. The molecule has 3 aromatic carbocycles. The molecule has 0 spiro atoms. The molecule has 0 bridgehead atoms. The second-order valence-electron chi connectivity index (χ2n) is 5.68. The molecule has 138 valence electrons. The number of methoxy groups -OCH3 is 1. The molecule has 0 atom stereocenters. The first-order chi connectivity index (χ1) is 13.1. The zero-order valence-corrected chi connectivity index (χ0v) is 15.6. The summed E-state index contributed by atoms with van der Waals surface area (Å²) in [6, 6.07) is 23.0. The van der Waals surface area contributed by atoms with Crippen LogP contribution < -0.4 is 9.47 Å². The van der Waals surface area contributed by atoms with Gasteiger partial charge < -0.3 is 9.47 Å². The fourth-order valence-corrected chi connectivity index (χ4v) is 3.33. The molecule has 0 unspecified atom stereocenters. The molecule has 0 radical (unpaired) electrons. The van der Waals surface area contributed by atoms with E-state index in [1.807, 2.05) is 30.3 Å². The van der Waals surface area contributed by atoms with Crippen LogP contribution in [0.15, 0.2) is 88.2 Å². The van der Waals surface area contributed by atoms with Crippen LogP contribution in [-0.4, -0.2) is 21.7 Å². The van der Waals surface area contributed by atoms with Crippen LogP contribution in [0.3, 0.4) is 0 Å². The van der Waals surface area contributed by atoms with Crippen LogP contribution in [-0.2, 0) is 16.6 Å². The summed E-state index contributed by atoms with van der Waals surface area (Å²) in [5.74, 6) is 0.947. The molecular weight excluding hydrogens is 362 g/mol. The van der Waals surface area contributed by atoms with Gasteiger partial charge >= 0.3 is 0 Å². The maximum absolute atomic E-state index is 12.4. The highest BCUT2D eigenvalue weighted by atomic mass is 32.2. The Bertz CT molecular complexity index is 1020. The number of rotatable bonds is 7. The summed E-state index contributed by atoms with van der Waals surface area (Å²) < 4.78 is 39.8. The first-order valence-electron chi connectivity index (χ1n) is 8.29. The summed E-state index contributed by atoms with van der Waals surface area (Å²) in [7, 11) is -2.25. The topological polar surface area (TPSA) is 65.0 Å². The van der Waals surface area contributed by atoms with E-state index in [0.29, 0.717) is 23.7 Å². The Morgan fingerprint density at radius 3 is 2.22 bits per heavy atom. The molecule has 0 heterocycles. The highest BCUT2D eigenvalue weighted by Crippen LogP contribution is 2.31. The van der Waals surface area contributed by atoms with Gasteiger partial charge in [0.2, 0.25) is 0 Å². The Morgan fingerprint density at radius 2 is 1.56 bits per heavy atom. The smallest absolute Gasteiger partial charge is 0.282 e. The largest absolute Gasteiger partial charge is 0.493 e. The van der Waals surface area contributed by atoms with Crippen molar-refractivity contribution in [2.45, 2.75) is 11.5 Å². The summed E-state index contributed by atoms with van der Waals surface area (Å²) >= 11 is 0. The van der Waals surface area contributed by atoms with Gasteiger partial charge in [0.1, 0.15) is 6.61 Å². The van der Waals surface area contributed by atoms with Gasteiger partial charge in [0.15, 0.2) is 11.5 Å². The third kappa shape index (κ3) is 4.74. The standard InChI is InChI=1S/C21H19NO4S/c1-25-20-14-8-11-18(21(20)26-16-17-9-4-2-5-10-17)15-22-27(23,24)19-12-6-3-7-13-19/h2-15H,16H2,1H3/b22-15-. The number of para-hydroxylation sites is 1. The second-order valence-corrected chi connectivity index (χ2v) is 7.31. The van der Waals surface area contributed by atoms with E-state index in [2.05, 4.69) is 4.40 Å². The third-order valence-corrected chi connectivity index (χ3v) is 5.08. The maximum atomic E-state index is 12.4. The van der Waals surface area contributed by atoms with Crippen molar-refractivity contribution in [3.8, 4) is 11.5 Å². The van der Waals surface area contributed by atoms with Crippen molar-refractivity contribution in [2.75, 3.05) is 7.11 Å². The summed E-state index contributed by atoms with van der Waals surface area (Å²) in [5.41, 5.74) is 1.51. The number of benzene rings is 3. The maximum Gasteiger partial charge on any atom is 0.282 e. The van der Waals surface area contributed by atoms with Crippen LogP contribution >= 0.6 is 0 Å². The predicted octanol–water partition coefficient (Wildman–Crippen LogP) is 4.08. The third-order valence-electron chi connectivity index (χ3n) is 3.83. The van der Waals surface area contributed by atoms with Gasteiger partial charge in [0.25, 0.3) is 10.0 Å². The van der Waals surface area contributed by atoms with E-state index in [1.54, 1.807) is 36.4 Å². The van der Waals surface area contributed by atoms with E-state index in [1.165, 1.54) is 25.5 Å². The van der Waals surface area contributed by atoms with Crippen LogP contribution in [0.5, 0.6) is 11.5 Å². The number of sulfonamides is 1. The van der Waals surface area contributed by atoms with Crippen LogP contribution in [0, 0.1) is 0 Å². The Balaban J connectivity index is 1.89. The average molecular weight is 381 g/mol. The van der Waals surface area contributed by atoms with E-state index in [4.69, 9.17) is 9.47 Å². The van der Waals surface area contributed by atoms with Gasteiger partial charge in [-0.2, -0.15) is 12.8 Å². The van der Waals surface area contributed by atoms with Gasteiger partial charge in [-0.1, -0.05) is 54.6 Å². The van der Waals surface area contributed by atoms with Gasteiger partial charge in [0, 0.05) is 5.56 Å². The van der Waals surface area contributed by atoms with Crippen molar-refractivity contribution in [3.05, 3.63) is 90.0 Å². The summed E-state index contributed by atoms with van der Waals surface area (Å²) in [5, 5.41) is 0.